The van der Waals surface area contributed by atoms with Crippen LogP contribution in [0.4, 0.5) is 0 Å². The molecule has 0 radical (unpaired) electrons. The van der Waals surface area contributed by atoms with E-state index in [4.69, 9.17) is 0 Å². The number of carboxylic acid groups (broad SMARTS) is 2. The van der Waals surface area contributed by atoms with Crippen LogP contribution in [-0.2, 0) is 9.59 Å². The SMILES string of the molecule is C=C1C(C)CC(C(=O)O)(C(=O)O)C1(C)C. The fourth-order valence-electron chi connectivity index (χ4n) is 2.53. The maximum atomic E-state index is 11.2. The molecule has 0 bridgehead atoms. The van der Waals surface area contributed by atoms with Gasteiger partial charge < -0.3 is 10.2 Å². The smallest absolute Gasteiger partial charge is 0.321 e. The van der Waals surface area contributed by atoms with Crippen molar-refractivity contribution in [3.05, 3.63) is 12.2 Å². The van der Waals surface area contributed by atoms with E-state index < -0.39 is 22.8 Å². The van der Waals surface area contributed by atoms with E-state index in [-0.39, 0.29) is 12.3 Å². The molecule has 1 atom stereocenters. The summed E-state index contributed by atoms with van der Waals surface area (Å²) in [5.41, 5.74) is -1.94. The minimum absolute atomic E-state index is 0.0767. The van der Waals surface area contributed by atoms with Crippen LogP contribution in [0.2, 0.25) is 0 Å². The maximum absolute atomic E-state index is 11.2. The summed E-state index contributed by atoms with van der Waals surface area (Å²) in [6.45, 7) is 8.92. The Labute approximate surface area is 88.6 Å². The molecule has 0 saturated heterocycles. The van der Waals surface area contributed by atoms with Gasteiger partial charge in [-0.15, -0.1) is 0 Å². The highest BCUT2D eigenvalue weighted by molar-refractivity contribution is 6.00. The van der Waals surface area contributed by atoms with E-state index >= 15 is 0 Å². The van der Waals surface area contributed by atoms with Crippen LogP contribution in [0.3, 0.4) is 0 Å². The van der Waals surface area contributed by atoms with Crippen LogP contribution in [0, 0.1) is 16.7 Å². The standard InChI is InChI=1S/C11H16O4/c1-6-5-11(8(12)13,9(14)15)10(3,4)7(6)2/h6H,2,5H2,1,3-4H3,(H,12,13)(H,14,15). The van der Waals surface area contributed by atoms with Crippen LogP contribution < -0.4 is 0 Å². The van der Waals surface area contributed by atoms with E-state index in [2.05, 4.69) is 6.58 Å². The molecule has 1 fully saturated rings. The molecule has 0 spiro atoms. The molecule has 1 saturated carbocycles. The summed E-state index contributed by atoms with van der Waals surface area (Å²) >= 11 is 0. The van der Waals surface area contributed by atoms with Gasteiger partial charge in [-0.3, -0.25) is 9.59 Å². The summed E-state index contributed by atoms with van der Waals surface area (Å²) < 4.78 is 0. The topological polar surface area (TPSA) is 74.6 Å². The second kappa shape index (κ2) is 3.08. The molecule has 84 valence electrons. The van der Waals surface area contributed by atoms with Crippen LogP contribution >= 0.6 is 0 Å². The molecule has 1 aliphatic carbocycles. The van der Waals surface area contributed by atoms with Gasteiger partial charge in [0.25, 0.3) is 0 Å². The van der Waals surface area contributed by atoms with Gasteiger partial charge in [0.1, 0.15) is 0 Å². The molecule has 1 rings (SSSR count). The normalized spacial score (nSPS) is 27.7. The maximum Gasteiger partial charge on any atom is 0.321 e. The molecule has 0 heterocycles. The summed E-state index contributed by atoms with van der Waals surface area (Å²) in [4.78, 5) is 22.5. The number of hydrogen-bond acceptors (Lipinski definition) is 2. The highest BCUT2D eigenvalue weighted by Crippen LogP contribution is 2.58. The van der Waals surface area contributed by atoms with Crippen molar-refractivity contribution in [2.45, 2.75) is 27.2 Å². The second-order valence-electron chi connectivity index (χ2n) is 4.77. The molecular weight excluding hydrogens is 196 g/mol. The fraction of sp³-hybridized carbons (Fsp3) is 0.636. The molecule has 0 aromatic heterocycles. The van der Waals surface area contributed by atoms with E-state index in [1.807, 2.05) is 6.92 Å². The molecule has 0 aliphatic heterocycles. The van der Waals surface area contributed by atoms with Gasteiger partial charge in [-0.25, -0.2) is 0 Å². The summed E-state index contributed by atoms with van der Waals surface area (Å²) in [5.74, 6) is -2.62. The first-order valence-electron chi connectivity index (χ1n) is 4.84. The van der Waals surface area contributed by atoms with Gasteiger partial charge in [-0.1, -0.05) is 32.9 Å². The third kappa shape index (κ3) is 1.20. The Kier molecular flexibility index (Phi) is 2.42. The first-order chi connectivity index (χ1) is 6.68. The van der Waals surface area contributed by atoms with Gasteiger partial charge in [-0.2, -0.15) is 0 Å². The third-order valence-electron chi connectivity index (χ3n) is 3.81. The van der Waals surface area contributed by atoms with Crippen molar-refractivity contribution in [2.75, 3.05) is 0 Å². The Balaban J connectivity index is 3.40. The number of aliphatic carboxylic acids is 2. The van der Waals surface area contributed by atoms with Gasteiger partial charge in [0.2, 0.25) is 0 Å². The number of rotatable bonds is 2. The molecule has 0 aromatic rings. The number of allylic oxidation sites excluding steroid dienone is 1. The highest BCUT2D eigenvalue weighted by atomic mass is 16.4. The highest BCUT2D eigenvalue weighted by Gasteiger charge is 2.64. The minimum atomic E-state index is -1.73. The average Bonchev–Trinajstić information content (AvgIpc) is 2.26. The molecule has 2 N–H and O–H groups in total. The number of carbonyl (C=O) groups is 2. The van der Waals surface area contributed by atoms with Gasteiger partial charge in [0.05, 0.1) is 0 Å². The molecule has 0 amide bonds. The van der Waals surface area contributed by atoms with Crippen molar-refractivity contribution in [3.63, 3.8) is 0 Å². The van der Waals surface area contributed by atoms with Crippen molar-refractivity contribution >= 4 is 11.9 Å². The zero-order valence-corrected chi connectivity index (χ0v) is 9.20. The van der Waals surface area contributed by atoms with Gasteiger partial charge in [0.15, 0.2) is 5.41 Å². The van der Waals surface area contributed by atoms with Crippen molar-refractivity contribution < 1.29 is 19.8 Å². The summed E-state index contributed by atoms with van der Waals surface area (Å²) in [5, 5.41) is 18.4. The van der Waals surface area contributed by atoms with Crippen molar-refractivity contribution in [1.82, 2.24) is 0 Å². The molecule has 4 heteroatoms. The summed E-state index contributed by atoms with van der Waals surface area (Å²) in [6.07, 6.45) is 0.115. The van der Waals surface area contributed by atoms with Crippen LogP contribution in [0.1, 0.15) is 27.2 Å². The lowest BCUT2D eigenvalue weighted by Gasteiger charge is -2.34. The zero-order chi connectivity index (χ0) is 12.0. The minimum Gasteiger partial charge on any atom is -0.480 e. The molecule has 1 aliphatic rings. The van der Waals surface area contributed by atoms with E-state index in [9.17, 15) is 19.8 Å². The lowest BCUT2D eigenvalue weighted by Crippen LogP contribution is -2.47. The molecule has 0 aromatic carbocycles. The Morgan fingerprint density at radius 1 is 1.33 bits per heavy atom. The van der Waals surface area contributed by atoms with Crippen LogP contribution in [0.5, 0.6) is 0 Å². The van der Waals surface area contributed by atoms with Crippen LogP contribution in [0.15, 0.2) is 12.2 Å². The lowest BCUT2D eigenvalue weighted by molar-refractivity contribution is -0.170. The number of carboxylic acids is 2. The Bertz CT molecular complexity index is 326. The second-order valence-corrected chi connectivity index (χ2v) is 4.77. The van der Waals surface area contributed by atoms with Crippen molar-refractivity contribution in [2.24, 2.45) is 16.7 Å². The first kappa shape index (κ1) is 11.8. The lowest BCUT2D eigenvalue weighted by atomic mass is 9.66. The molecular formula is C11H16O4. The van der Waals surface area contributed by atoms with Crippen LogP contribution in [0.25, 0.3) is 0 Å². The van der Waals surface area contributed by atoms with Gasteiger partial charge >= 0.3 is 11.9 Å². The van der Waals surface area contributed by atoms with E-state index in [1.165, 1.54) is 0 Å². The van der Waals surface area contributed by atoms with Gasteiger partial charge in [0, 0.05) is 5.41 Å². The van der Waals surface area contributed by atoms with Crippen LogP contribution in [-0.4, -0.2) is 22.2 Å². The predicted molar refractivity (Wildman–Crippen MR) is 54.4 cm³/mol. The summed E-state index contributed by atoms with van der Waals surface area (Å²) in [6, 6.07) is 0. The van der Waals surface area contributed by atoms with E-state index in [0.717, 1.165) is 0 Å². The quantitative estimate of drug-likeness (QED) is 0.540. The third-order valence-corrected chi connectivity index (χ3v) is 3.81. The Morgan fingerprint density at radius 3 is 1.87 bits per heavy atom. The Hall–Kier alpha value is -1.32. The first-order valence-corrected chi connectivity index (χ1v) is 4.84. The molecule has 4 nitrogen and oxygen atoms in total. The summed E-state index contributed by atoms with van der Waals surface area (Å²) in [7, 11) is 0. The predicted octanol–water partition coefficient (Wildman–Crippen LogP) is 1.76. The average molecular weight is 212 g/mol. The Morgan fingerprint density at radius 2 is 1.73 bits per heavy atom. The number of hydrogen-bond donors (Lipinski definition) is 2. The molecule has 15 heavy (non-hydrogen) atoms. The molecule has 1 unspecified atom stereocenters. The fourth-order valence-corrected chi connectivity index (χ4v) is 2.53. The largest absolute Gasteiger partial charge is 0.480 e. The van der Waals surface area contributed by atoms with Crippen molar-refractivity contribution in [1.29, 1.82) is 0 Å². The zero-order valence-electron chi connectivity index (χ0n) is 9.20. The van der Waals surface area contributed by atoms with E-state index in [0.29, 0.717) is 5.57 Å². The van der Waals surface area contributed by atoms with Crippen molar-refractivity contribution in [3.8, 4) is 0 Å². The van der Waals surface area contributed by atoms with Gasteiger partial charge in [-0.05, 0) is 12.3 Å². The van der Waals surface area contributed by atoms with E-state index in [1.54, 1.807) is 13.8 Å². The monoisotopic (exact) mass is 212 g/mol.